The van der Waals surface area contributed by atoms with Gasteiger partial charge in [0.25, 0.3) is 0 Å². The third kappa shape index (κ3) is 3.41. The lowest BCUT2D eigenvalue weighted by Gasteiger charge is -2.23. The minimum Gasteiger partial charge on any atom is -0.491 e. The Balaban J connectivity index is 2.24. The van der Waals surface area contributed by atoms with Crippen LogP contribution in [0.1, 0.15) is 57.4 Å². The van der Waals surface area contributed by atoms with Gasteiger partial charge in [0, 0.05) is 11.3 Å². The summed E-state index contributed by atoms with van der Waals surface area (Å²) in [7, 11) is 0. The Bertz CT molecular complexity index is 375. The average molecular weight is 267 g/mol. The SMILES string of the molecule is CC(C)Oc1ccccc1C1CCCCCC1Cl. The van der Waals surface area contributed by atoms with Crippen LogP contribution < -0.4 is 4.74 Å². The van der Waals surface area contributed by atoms with Crippen LogP contribution in [0.5, 0.6) is 5.75 Å². The Kier molecular flexibility index (Phi) is 4.94. The number of halogens is 1. The number of hydrogen-bond donors (Lipinski definition) is 0. The summed E-state index contributed by atoms with van der Waals surface area (Å²) in [4.78, 5) is 0. The first kappa shape index (κ1) is 13.7. The molecule has 1 nitrogen and oxygen atoms in total. The molecule has 1 saturated carbocycles. The highest BCUT2D eigenvalue weighted by atomic mass is 35.5. The highest BCUT2D eigenvalue weighted by molar-refractivity contribution is 6.21. The zero-order chi connectivity index (χ0) is 13.0. The van der Waals surface area contributed by atoms with Crippen molar-refractivity contribution in [2.24, 2.45) is 0 Å². The van der Waals surface area contributed by atoms with Crippen molar-refractivity contribution in [3.8, 4) is 5.75 Å². The second-order valence-corrected chi connectivity index (χ2v) is 6.03. The standard InChI is InChI=1S/C16H23ClO/c1-12(2)18-16-11-7-6-9-14(16)13-8-4-3-5-10-15(13)17/h6-7,9,11-13,15H,3-5,8,10H2,1-2H3. The molecule has 1 aliphatic rings. The molecule has 0 N–H and O–H groups in total. The Morgan fingerprint density at radius 2 is 1.83 bits per heavy atom. The van der Waals surface area contributed by atoms with Crippen LogP contribution in [0.4, 0.5) is 0 Å². The summed E-state index contributed by atoms with van der Waals surface area (Å²) < 4.78 is 5.93. The minimum absolute atomic E-state index is 0.214. The van der Waals surface area contributed by atoms with Gasteiger partial charge in [-0.2, -0.15) is 0 Å². The second-order valence-electron chi connectivity index (χ2n) is 5.46. The molecule has 0 radical (unpaired) electrons. The van der Waals surface area contributed by atoms with Gasteiger partial charge in [-0.1, -0.05) is 37.5 Å². The molecule has 0 aromatic heterocycles. The summed E-state index contributed by atoms with van der Waals surface area (Å²) in [5.74, 6) is 1.47. The molecule has 1 aromatic carbocycles. The maximum Gasteiger partial charge on any atom is 0.123 e. The number of para-hydroxylation sites is 1. The summed E-state index contributed by atoms with van der Waals surface area (Å²) in [6.07, 6.45) is 6.38. The molecule has 18 heavy (non-hydrogen) atoms. The smallest absolute Gasteiger partial charge is 0.123 e. The number of benzene rings is 1. The molecule has 2 heteroatoms. The summed E-state index contributed by atoms with van der Waals surface area (Å²) >= 11 is 6.57. The zero-order valence-electron chi connectivity index (χ0n) is 11.4. The third-order valence-corrected chi connectivity index (χ3v) is 4.14. The summed E-state index contributed by atoms with van der Waals surface area (Å²) in [6, 6.07) is 8.39. The van der Waals surface area contributed by atoms with Crippen LogP contribution in [-0.4, -0.2) is 11.5 Å². The second kappa shape index (κ2) is 6.47. The van der Waals surface area contributed by atoms with Crippen LogP contribution in [0, 0.1) is 0 Å². The Labute approximate surface area is 115 Å². The van der Waals surface area contributed by atoms with Gasteiger partial charge in [0.05, 0.1) is 6.10 Å². The van der Waals surface area contributed by atoms with Crippen LogP contribution in [0.15, 0.2) is 24.3 Å². The monoisotopic (exact) mass is 266 g/mol. The molecule has 100 valence electrons. The topological polar surface area (TPSA) is 9.23 Å². The van der Waals surface area contributed by atoms with Crippen LogP contribution in [0.2, 0.25) is 0 Å². The summed E-state index contributed by atoms with van der Waals surface area (Å²) in [6.45, 7) is 4.14. The maximum atomic E-state index is 6.57. The van der Waals surface area contributed by atoms with Crippen molar-refractivity contribution in [2.45, 2.75) is 63.4 Å². The minimum atomic E-state index is 0.214. The van der Waals surface area contributed by atoms with Crippen LogP contribution in [0.25, 0.3) is 0 Å². The number of alkyl halides is 1. The van der Waals surface area contributed by atoms with E-state index in [-0.39, 0.29) is 11.5 Å². The quantitative estimate of drug-likeness (QED) is 0.544. The first-order valence-electron chi connectivity index (χ1n) is 7.08. The maximum absolute atomic E-state index is 6.57. The van der Waals surface area contributed by atoms with E-state index in [0.717, 1.165) is 12.2 Å². The van der Waals surface area contributed by atoms with Crippen molar-refractivity contribution in [1.29, 1.82) is 0 Å². The first-order chi connectivity index (χ1) is 8.68. The Hall–Kier alpha value is -0.690. The van der Waals surface area contributed by atoms with Gasteiger partial charge in [-0.05, 0) is 38.3 Å². The summed E-state index contributed by atoms with van der Waals surface area (Å²) in [5, 5.41) is 0.254. The third-order valence-electron chi connectivity index (χ3n) is 3.61. The Morgan fingerprint density at radius 3 is 2.61 bits per heavy atom. The average Bonchev–Trinajstić information content (AvgIpc) is 2.54. The van der Waals surface area contributed by atoms with Crippen molar-refractivity contribution >= 4 is 11.6 Å². The molecule has 0 amide bonds. The fraction of sp³-hybridized carbons (Fsp3) is 0.625. The molecule has 2 atom stereocenters. The number of hydrogen-bond acceptors (Lipinski definition) is 1. The molecule has 1 aliphatic carbocycles. The van der Waals surface area contributed by atoms with E-state index in [1.54, 1.807) is 0 Å². The number of rotatable bonds is 3. The van der Waals surface area contributed by atoms with E-state index >= 15 is 0 Å². The molecule has 0 aliphatic heterocycles. The van der Waals surface area contributed by atoms with E-state index in [4.69, 9.17) is 16.3 Å². The lowest BCUT2D eigenvalue weighted by atomic mass is 9.90. The lowest BCUT2D eigenvalue weighted by Crippen LogP contribution is -2.14. The lowest BCUT2D eigenvalue weighted by molar-refractivity contribution is 0.238. The van der Waals surface area contributed by atoms with E-state index in [2.05, 4.69) is 32.0 Å². The largest absolute Gasteiger partial charge is 0.491 e. The molecular formula is C16H23ClO. The van der Waals surface area contributed by atoms with E-state index in [1.807, 2.05) is 6.07 Å². The molecule has 0 heterocycles. The van der Waals surface area contributed by atoms with Crippen molar-refractivity contribution in [3.63, 3.8) is 0 Å². The zero-order valence-corrected chi connectivity index (χ0v) is 12.1. The van der Waals surface area contributed by atoms with E-state index in [9.17, 15) is 0 Å². The molecular weight excluding hydrogens is 244 g/mol. The van der Waals surface area contributed by atoms with E-state index in [1.165, 1.54) is 31.2 Å². The highest BCUT2D eigenvalue weighted by Gasteiger charge is 2.25. The number of ether oxygens (including phenoxy) is 1. The van der Waals surface area contributed by atoms with Gasteiger partial charge in [0.2, 0.25) is 0 Å². The molecule has 2 rings (SSSR count). The van der Waals surface area contributed by atoms with Crippen LogP contribution in [0.3, 0.4) is 0 Å². The Morgan fingerprint density at radius 1 is 1.11 bits per heavy atom. The molecule has 0 spiro atoms. The van der Waals surface area contributed by atoms with E-state index < -0.39 is 0 Å². The predicted octanol–water partition coefficient (Wildman–Crippen LogP) is 5.13. The van der Waals surface area contributed by atoms with Gasteiger partial charge >= 0.3 is 0 Å². The van der Waals surface area contributed by atoms with Crippen molar-refractivity contribution in [3.05, 3.63) is 29.8 Å². The van der Waals surface area contributed by atoms with Gasteiger partial charge in [0.1, 0.15) is 5.75 Å². The van der Waals surface area contributed by atoms with Crippen LogP contribution in [-0.2, 0) is 0 Å². The molecule has 1 fully saturated rings. The van der Waals surface area contributed by atoms with Gasteiger partial charge in [-0.25, -0.2) is 0 Å². The van der Waals surface area contributed by atoms with Crippen molar-refractivity contribution in [2.75, 3.05) is 0 Å². The molecule has 2 unspecified atom stereocenters. The summed E-state index contributed by atoms with van der Waals surface area (Å²) in [5.41, 5.74) is 1.30. The molecule has 0 saturated heterocycles. The van der Waals surface area contributed by atoms with Gasteiger partial charge < -0.3 is 4.74 Å². The fourth-order valence-corrected chi connectivity index (χ4v) is 3.18. The van der Waals surface area contributed by atoms with E-state index in [0.29, 0.717) is 5.92 Å². The first-order valence-corrected chi connectivity index (χ1v) is 7.52. The van der Waals surface area contributed by atoms with Crippen molar-refractivity contribution < 1.29 is 4.74 Å². The normalized spacial score (nSPS) is 24.9. The molecule has 1 aromatic rings. The van der Waals surface area contributed by atoms with Gasteiger partial charge in [0.15, 0.2) is 0 Å². The van der Waals surface area contributed by atoms with Gasteiger partial charge in [-0.3, -0.25) is 0 Å². The van der Waals surface area contributed by atoms with Crippen LogP contribution >= 0.6 is 11.6 Å². The fourth-order valence-electron chi connectivity index (χ4n) is 2.76. The van der Waals surface area contributed by atoms with Gasteiger partial charge in [-0.15, -0.1) is 11.6 Å². The predicted molar refractivity (Wildman–Crippen MR) is 77.7 cm³/mol. The van der Waals surface area contributed by atoms with Crippen molar-refractivity contribution in [1.82, 2.24) is 0 Å². The highest BCUT2D eigenvalue weighted by Crippen LogP contribution is 2.39. The molecule has 0 bridgehead atoms.